The molecular weight excluding hydrogens is 311 g/mol. The second kappa shape index (κ2) is 3.47. The van der Waals surface area contributed by atoms with Gasteiger partial charge >= 0.3 is 0 Å². The van der Waals surface area contributed by atoms with Crippen LogP contribution in [0.15, 0.2) is 10.9 Å². The zero-order valence-electron chi connectivity index (χ0n) is 5.14. The number of nitrogens with zero attached hydrogens (tertiary/aromatic N) is 2. The van der Waals surface area contributed by atoms with Gasteiger partial charge in [0.05, 0.1) is 7.11 Å². The largest absolute Gasteiger partial charge is 0.480 e. The summed E-state index contributed by atoms with van der Waals surface area (Å²) in [6, 6.07) is 0. The Morgan fingerprint density at radius 2 is 2.30 bits per heavy atom. The molecule has 1 aromatic heterocycles. The van der Waals surface area contributed by atoms with E-state index in [1.54, 1.807) is 7.11 Å². The fourth-order valence-electron chi connectivity index (χ4n) is 0.476. The lowest BCUT2D eigenvalue weighted by atomic mass is 10.6. The van der Waals surface area contributed by atoms with Gasteiger partial charge in [0.2, 0.25) is 5.88 Å². The van der Waals surface area contributed by atoms with Gasteiger partial charge < -0.3 is 4.74 Å². The van der Waals surface area contributed by atoms with Crippen molar-refractivity contribution >= 4 is 38.5 Å². The maximum absolute atomic E-state index is 4.94. The van der Waals surface area contributed by atoms with Gasteiger partial charge in [0, 0.05) is 0 Å². The highest BCUT2D eigenvalue weighted by molar-refractivity contribution is 14.1. The van der Waals surface area contributed by atoms with Crippen LogP contribution in [0.2, 0.25) is 0 Å². The molecule has 0 aliphatic heterocycles. The van der Waals surface area contributed by atoms with Gasteiger partial charge in [0.15, 0.2) is 0 Å². The number of aromatic nitrogens is 2. The van der Waals surface area contributed by atoms with Crippen LogP contribution in [0.25, 0.3) is 0 Å². The number of hydrogen-bond acceptors (Lipinski definition) is 3. The second-order valence-corrected chi connectivity index (χ2v) is 3.32. The highest BCUT2D eigenvalue weighted by Gasteiger charge is 2.04. The molecule has 0 bridgehead atoms. The van der Waals surface area contributed by atoms with E-state index in [4.69, 9.17) is 4.74 Å². The average Bonchev–Trinajstić information content (AvgIpc) is 1.95. The number of rotatable bonds is 1. The third-order valence-corrected chi connectivity index (χ3v) is 3.22. The lowest BCUT2D eigenvalue weighted by molar-refractivity contribution is 0.393. The van der Waals surface area contributed by atoms with Crippen molar-refractivity contribution < 1.29 is 4.74 Å². The van der Waals surface area contributed by atoms with E-state index in [0.29, 0.717) is 5.88 Å². The van der Waals surface area contributed by atoms with Crippen molar-refractivity contribution in [2.45, 2.75) is 0 Å². The van der Waals surface area contributed by atoms with Gasteiger partial charge in [-0.3, -0.25) is 0 Å². The zero-order valence-corrected chi connectivity index (χ0v) is 8.88. The molecule has 3 nitrogen and oxygen atoms in total. The average molecular weight is 315 g/mol. The molecule has 0 radical (unpaired) electrons. The summed E-state index contributed by atoms with van der Waals surface area (Å²) in [5.41, 5.74) is 0. The van der Waals surface area contributed by atoms with E-state index in [0.717, 1.165) is 8.17 Å². The Morgan fingerprint density at radius 1 is 1.60 bits per heavy atom. The van der Waals surface area contributed by atoms with E-state index in [1.165, 1.54) is 6.33 Å². The molecule has 0 fully saturated rings. The minimum absolute atomic E-state index is 0.600. The second-order valence-electron chi connectivity index (χ2n) is 1.49. The number of ether oxygens (including phenoxy) is 1. The molecule has 10 heavy (non-hydrogen) atoms. The predicted octanol–water partition coefficient (Wildman–Crippen LogP) is 1.85. The normalized spacial score (nSPS) is 9.50. The van der Waals surface area contributed by atoms with Crippen molar-refractivity contribution in [3.05, 3.63) is 14.5 Å². The van der Waals surface area contributed by atoms with Gasteiger partial charge in [-0.2, -0.15) is 0 Å². The number of hydrogen-bond donors (Lipinski definition) is 0. The van der Waals surface area contributed by atoms with Crippen LogP contribution in [-0.2, 0) is 0 Å². The minimum atomic E-state index is 0.600. The summed E-state index contributed by atoms with van der Waals surface area (Å²) in [5, 5.41) is 0. The smallest absolute Gasteiger partial charge is 0.231 e. The Labute approximate surface area is 80.5 Å². The fraction of sp³-hybridized carbons (Fsp3) is 0.200. The van der Waals surface area contributed by atoms with Gasteiger partial charge in [-0.05, 0) is 38.5 Å². The van der Waals surface area contributed by atoms with Crippen molar-refractivity contribution in [1.82, 2.24) is 9.97 Å². The van der Waals surface area contributed by atoms with E-state index in [2.05, 4.69) is 48.5 Å². The molecule has 0 saturated heterocycles. The summed E-state index contributed by atoms with van der Waals surface area (Å²) in [6.45, 7) is 0. The zero-order chi connectivity index (χ0) is 7.56. The first kappa shape index (κ1) is 8.19. The van der Waals surface area contributed by atoms with E-state index in [9.17, 15) is 0 Å². The van der Waals surface area contributed by atoms with Crippen molar-refractivity contribution in [2.24, 2.45) is 0 Å². The van der Waals surface area contributed by atoms with E-state index in [1.807, 2.05) is 0 Å². The summed E-state index contributed by atoms with van der Waals surface area (Å²) in [6.07, 6.45) is 1.45. The molecule has 0 spiro atoms. The van der Waals surface area contributed by atoms with Crippen LogP contribution in [0, 0.1) is 3.57 Å². The molecule has 54 valence electrons. The minimum Gasteiger partial charge on any atom is -0.480 e. The molecule has 1 heterocycles. The van der Waals surface area contributed by atoms with E-state index >= 15 is 0 Å². The van der Waals surface area contributed by atoms with Crippen LogP contribution in [0.1, 0.15) is 0 Å². The molecule has 0 saturated carbocycles. The quantitative estimate of drug-likeness (QED) is 0.586. The van der Waals surface area contributed by atoms with Crippen LogP contribution >= 0.6 is 38.5 Å². The maximum Gasteiger partial charge on any atom is 0.231 e. The van der Waals surface area contributed by atoms with Crippen molar-refractivity contribution in [3.8, 4) is 5.88 Å². The Morgan fingerprint density at radius 3 is 2.80 bits per heavy atom. The molecule has 0 atom stereocenters. The van der Waals surface area contributed by atoms with E-state index < -0.39 is 0 Å². The van der Waals surface area contributed by atoms with Crippen LogP contribution in [-0.4, -0.2) is 17.1 Å². The van der Waals surface area contributed by atoms with Gasteiger partial charge in [-0.15, -0.1) is 0 Å². The van der Waals surface area contributed by atoms with Crippen LogP contribution in [0.3, 0.4) is 0 Å². The van der Waals surface area contributed by atoms with Gasteiger partial charge in [0.1, 0.15) is 14.5 Å². The molecule has 1 aromatic rings. The summed E-state index contributed by atoms with van der Waals surface area (Å²) < 4.78 is 6.59. The SMILES string of the molecule is COc1ncnc(Br)c1I. The highest BCUT2D eigenvalue weighted by Crippen LogP contribution is 2.22. The fourth-order valence-corrected chi connectivity index (χ4v) is 1.24. The van der Waals surface area contributed by atoms with Crippen molar-refractivity contribution in [1.29, 1.82) is 0 Å². The Kier molecular flexibility index (Phi) is 2.84. The monoisotopic (exact) mass is 314 g/mol. The van der Waals surface area contributed by atoms with Crippen LogP contribution in [0.4, 0.5) is 0 Å². The van der Waals surface area contributed by atoms with Crippen LogP contribution in [0.5, 0.6) is 5.88 Å². The van der Waals surface area contributed by atoms with Gasteiger partial charge in [-0.25, -0.2) is 9.97 Å². The first-order valence-corrected chi connectivity index (χ1v) is 4.33. The molecule has 0 aliphatic rings. The van der Waals surface area contributed by atoms with Crippen LogP contribution < -0.4 is 4.74 Å². The van der Waals surface area contributed by atoms with Crippen molar-refractivity contribution in [3.63, 3.8) is 0 Å². The molecule has 0 unspecified atom stereocenters. The molecule has 0 aliphatic carbocycles. The Hall–Kier alpha value is 0.0900. The molecule has 1 rings (SSSR count). The molecule has 0 amide bonds. The summed E-state index contributed by atoms with van der Waals surface area (Å²) >= 11 is 5.36. The lowest BCUT2D eigenvalue weighted by Crippen LogP contribution is -1.92. The molecule has 5 heteroatoms. The van der Waals surface area contributed by atoms with Crippen molar-refractivity contribution in [2.75, 3.05) is 7.11 Å². The maximum atomic E-state index is 4.94. The third kappa shape index (κ3) is 1.57. The van der Waals surface area contributed by atoms with Gasteiger partial charge in [0.25, 0.3) is 0 Å². The summed E-state index contributed by atoms with van der Waals surface area (Å²) in [5.74, 6) is 0.600. The van der Waals surface area contributed by atoms with E-state index in [-0.39, 0.29) is 0 Å². The number of methoxy groups -OCH3 is 1. The molecule has 0 aromatic carbocycles. The first-order chi connectivity index (χ1) is 4.75. The first-order valence-electron chi connectivity index (χ1n) is 2.45. The number of halogens is 2. The third-order valence-electron chi connectivity index (χ3n) is 0.908. The predicted molar refractivity (Wildman–Crippen MR) is 49.0 cm³/mol. The topological polar surface area (TPSA) is 35.0 Å². The summed E-state index contributed by atoms with van der Waals surface area (Å²) in [4.78, 5) is 7.79. The summed E-state index contributed by atoms with van der Waals surface area (Å²) in [7, 11) is 1.58. The molecule has 0 N–H and O–H groups in total. The highest BCUT2D eigenvalue weighted by atomic mass is 127. The van der Waals surface area contributed by atoms with Gasteiger partial charge in [-0.1, -0.05) is 0 Å². The standard InChI is InChI=1S/C5H4BrIN2O/c1-10-5-3(7)4(6)8-2-9-5/h2H,1H3. The Bertz CT molecular complexity index is 243. The lowest BCUT2D eigenvalue weighted by Gasteiger charge is -2.00. The Balaban J connectivity index is 3.14. The molecular formula is C5H4BrIN2O.